The highest BCUT2D eigenvalue weighted by molar-refractivity contribution is 7.26. The van der Waals surface area contributed by atoms with E-state index in [-0.39, 0.29) is 0 Å². The number of rotatable bonds is 8. The Morgan fingerprint density at radius 2 is 0.833 bits per heavy atom. The third-order valence-electron chi connectivity index (χ3n) is 13.0. The third kappa shape index (κ3) is 6.18. The molecule has 0 N–H and O–H groups in total. The lowest BCUT2D eigenvalue weighted by Crippen LogP contribution is -2.11. The van der Waals surface area contributed by atoms with E-state index in [0.717, 1.165) is 61.5 Å². The molecule has 310 valence electrons. The van der Waals surface area contributed by atoms with Crippen molar-refractivity contribution in [2.24, 2.45) is 0 Å². The van der Waals surface area contributed by atoms with E-state index < -0.39 is 0 Å². The largest absolute Gasteiger partial charge is 0.456 e. The second kappa shape index (κ2) is 15.7. The van der Waals surface area contributed by atoms with Gasteiger partial charge in [-0.15, -0.1) is 11.3 Å². The van der Waals surface area contributed by atoms with Gasteiger partial charge >= 0.3 is 0 Å². The summed E-state index contributed by atoms with van der Waals surface area (Å²) in [6.07, 6.45) is 0. The van der Waals surface area contributed by atoms with Crippen molar-refractivity contribution < 1.29 is 4.42 Å². The third-order valence-corrected chi connectivity index (χ3v) is 14.2. The van der Waals surface area contributed by atoms with Gasteiger partial charge in [0, 0.05) is 70.0 Å². The predicted molar refractivity (Wildman–Crippen MR) is 282 cm³/mol. The van der Waals surface area contributed by atoms with Gasteiger partial charge in [-0.25, -0.2) is 0 Å². The maximum absolute atomic E-state index is 6.16. The van der Waals surface area contributed by atoms with Crippen LogP contribution in [0.15, 0.2) is 247 Å². The molecule has 0 saturated heterocycles. The number of furan rings is 1. The van der Waals surface area contributed by atoms with Crippen molar-refractivity contribution in [1.29, 1.82) is 0 Å². The molecule has 2 aromatic heterocycles. The van der Waals surface area contributed by atoms with E-state index in [0.29, 0.717) is 0 Å². The van der Waals surface area contributed by atoms with Gasteiger partial charge in [-0.2, -0.15) is 0 Å². The summed E-state index contributed by atoms with van der Waals surface area (Å²) in [6.45, 7) is 0. The summed E-state index contributed by atoms with van der Waals surface area (Å²) >= 11 is 1.88. The zero-order valence-corrected chi connectivity index (χ0v) is 36.6. The molecule has 13 rings (SSSR count). The van der Waals surface area contributed by atoms with Crippen LogP contribution in [0.4, 0.5) is 34.1 Å². The summed E-state index contributed by atoms with van der Waals surface area (Å²) in [4.78, 5) is 4.84. The van der Waals surface area contributed by atoms with Gasteiger partial charge in [0.2, 0.25) is 0 Å². The number of fused-ring (bicyclic) bond motifs is 8. The molecule has 0 bridgehead atoms. The highest BCUT2D eigenvalue weighted by Gasteiger charge is 2.25. The zero-order valence-electron chi connectivity index (χ0n) is 35.8. The Labute approximate surface area is 386 Å². The molecule has 4 heteroatoms. The molecule has 0 fully saturated rings. The number of hydrogen-bond acceptors (Lipinski definition) is 4. The standard InChI is InChI=1S/C62H40N2OS/c1-4-18-43(19-5-1)63(46-37-34-41(35-38-46)42-36-39-57-54(40-42)47-24-14-15-32-56(47)65-57)55-31-17-33-58-60(55)53-30-16-29-52(62(53)66-58)59-48-25-10-12-27-50(48)61(51-28-13-11-26-49(51)59)64(44-20-6-2-7-21-44)45-22-8-3-9-23-45/h1-40H. The Hall–Kier alpha value is -8.44. The molecule has 11 aromatic carbocycles. The lowest BCUT2D eigenvalue weighted by molar-refractivity contribution is 0.669. The molecule has 0 unspecified atom stereocenters. The van der Waals surface area contributed by atoms with Gasteiger partial charge in [-0.3, -0.25) is 0 Å². The van der Waals surface area contributed by atoms with Crippen molar-refractivity contribution >= 4 is 109 Å². The maximum atomic E-state index is 6.16. The summed E-state index contributed by atoms with van der Waals surface area (Å²) in [5, 5.41) is 9.61. The van der Waals surface area contributed by atoms with Gasteiger partial charge in [0.25, 0.3) is 0 Å². The summed E-state index contributed by atoms with van der Waals surface area (Å²) in [5.41, 5.74) is 13.4. The fourth-order valence-corrected chi connectivity index (χ4v) is 11.4. The van der Waals surface area contributed by atoms with Crippen molar-refractivity contribution in [3.05, 3.63) is 243 Å². The fourth-order valence-electron chi connectivity index (χ4n) is 10.1. The Bertz CT molecular complexity index is 3840. The minimum atomic E-state index is 0.905. The SMILES string of the molecule is c1ccc(N(c2ccccc2)c2c3ccccc3c(-c3cccc4c3sc3cccc(N(c5ccccc5)c5ccc(-c6ccc7oc8ccccc8c7c6)cc5)c34)c3ccccc23)cc1. The topological polar surface area (TPSA) is 19.6 Å². The number of hydrogen-bond donors (Lipinski definition) is 0. The lowest BCUT2D eigenvalue weighted by atomic mass is 9.89. The van der Waals surface area contributed by atoms with Gasteiger partial charge < -0.3 is 14.2 Å². The normalized spacial score (nSPS) is 11.6. The monoisotopic (exact) mass is 860 g/mol. The van der Waals surface area contributed by atoms with Crippen molar-refractivity contribution in [3.63, 3.8) is 0 Å². The minimum absolute atomic E-state index is 0.905. The molecule has 0 saturated carbocycles. The molecule has 13 aromatic rings. The Balaban J connectivity index is 0.993. The Morgan fingerprint density at radius 1 is 0.333 bits per heavy atom. The molecule has 3 nitrogen and oxygen atoms in total. The van der Waals surface area contributed by atoms with Gasteiger partial charge in [0.05, 0.1) is 11.4 Å². The van der Waals surface area contributed by atoms with E-state index in [1.54, 1.807) is 0 Å². The van der Waals surface area contributed by atoms with Gasteiger partial charge in [-0.1, -0.05) is 164 Å². The molecule has 0 amide bonds. The van der Waals surface area contributed by atoms with Crippen LogP contribution >= 0.6 is 11.3 Å². The minimum Gasteiger partial charge on any atom is -0.456 e. The quantitative estimate of drug-likeness (QED) is 0.142. The van der Waals surface area contributed by atoms with Crippen molar-refractivity contribution in [1.82, 2.24) is 0 Å². The Morgan fingerprint density at radius 3 is 1.48 bits per heavy atom. The van der Waals surface area contributed by atoms with Crippen LogP contribution in [0, 0.1) is 0 Å². The molecule has 0 radical (unpaired) electrons. The number of thiophene rings is 1. The van der Waals surface area contributed by atoms with E-state index in [1.165, 1.54) is 58.5 Å². The van der Waals surface area contributed by atoms with Gasteiger partial charge in [0.15, 0.2) is 0 Å². The molecule has 0 aliphatic heterocycles. The zero-order chi connectivity index (χ0) is 43.6. The van der Waals surface area contributed by atoms with E-state index in [1.807, 2.05) is 23.5 Å². The lowest BCUT2D eigenvalue weighted by Gasteiger charge is -2.29. The number of nitrogens with zero attached hydrogens (tertiary/aromatic N) is 2. The summed E-state index contributed by atoms with van der Waals surface area (Å²) in [5.74, 6) is 0. The second-order valence-electron chi connectivity index (χ2n) is 16.8. The first kappa shape index (κ1) is 38.1. The molecule has 0 aliphatic rings. The molecular formula is C62H40N2OS. The van der Waals surface area contributed by atoms with Crippen LogP contribution in [0.1, 0.15) is 0 Å². The number of benzene rings is 11. The highest BCUT2D eigenvalue weighted by Crippen LogP contribution is 2.52. The van der Waals surface area contributed by atoms with Crippen LogP contribution in [0.3, 0.4) is 0 Å². The molecule has 66 heavy (non-hydrogen) atoms. The highest BCUT2D eigenvalue weighted by atomic mass is 32.1. The first-order chi connectivity index (χ1) is 32.8. The van der Waals surface area contributed by atoms with Gasteiger partial charge in [-0.05, 0) is 106 Å². The summed E-state index contributed by atoms with van der Waals surface area (Å²) < 4.78 is 8.68. The van der Waals surface area contributed by atoms with Crippen LogP contribution in [-0.4, -0.2) is 0 Å². The average Bonchev–Trinajstić information content (AvgIpc) is 3.97. The van der Waals surface area contributed by atoms with E-state index in [9.17, 15) is 0 Å². The smallest absolute Gasteiger partial charge is 0.135 e. The van der Waals surface area contributed by atoms with Crippen LogP contribution in [-0.2, 0) is 0 Å². The molecule has 0 atom stereocenters. The van der Waals surface area contributed by atoms with E-state index in [4.69, 9.17) is 4.42 Å². The van der Waals surface area contributed by atoms with E-state index >= 15 is 0 Å². The second-order valence-corrected chi connectivity index (χ2v) is 17.8. The van der Waals surface area contributed by atoms with Crippen LogP contribution in [0.5, 0.6) is 0 Å². The Kier molecular flexibility index (Phi) is 9.03. The van der Waals surface area contributed by atoms with Crippen molar-refractivity contribution in [3.8, 4) is 22.3 Å². The van der Waals surface area contributed by atoms with Crippen LogP contribution < -0.4 is 9.80 Å². The van der Waals surface area contributed by atoms with Gasteiger partial charge in [0.1, 0.15) is 11.2 Å². The number of anilines is 6. The van der Waals surface area contributed by atoms with Crippen LogP contribution in [0.25, 0.3) is 85.9 Å². The first-order valence-electron chi connectivity index (χ1n) is 22.4. The fraction of sp³-hybridized carbons (Fsp3) is 0. The maximum Gasteiger partial charge on any atom is 0.135 e. The van der Waals surface area contributed by atoms with Crippen LogP contribution in [0.2, 0.25) is 0 Å². The molecule has 0 aliphatic carbocycles. The summed E-state index contributed by atoms with van der Waals surface area (Å²) in [7, 11) is 0. The predicted octanol–water partition coefficient (Wildman–Crippen LogP) is 18.5. The summed E-state index contributed by atoms with van der Waals surface area (Å²) in [6, 6.07) is 87.6. The molecule has 2 heterocycles. The number of para-hydroxylation sites is 4. The van der Waals surface area contributed by atoms with Crippen molar-refractivity contribution in [2.45, 2.75) is 0 Å². The average molecular weight is 861 g/mol. The first-order valence-corrected chi connectivity index (χ1v) is 23.2. The molecular weight excluding hydrogens is 821 g/mol. The van der Waals surface area contributed by atoms with Crippen molar-refractivity contribution in [2.75, 3.05) is 9.80 Å². The molecule has 0 spiro atoms. The van der Waals surface area contributed by atoms with E-state index in [2.05, 4.69) is 240 Å².